The van der Waals surface area contributed by atoms with Crippen LogP contribution >= 0.6 is 11.3 Å². The molecule has 27 heavy (non-hydrogen) atoms. The van der Waals surface area contributed by atoms with Crippen molar-refractivity contribution in [2.75, 3.05) is 5.32 Å². The van der Waals surface area contributed by atoms with Crippen molar-refractivity contribution in [3.8, 4) is 5.69 Å². The summed E-state index contributed by atoms with van der Waals surface area (Å²) in [6, 6.07) is 8.99. The molecule has 3 N–H and O–H groups in total. The fourth-order valence-corrected chi connectivity index (χ4v) is 4.87. The van der Waals surface area contributed by atoms with Gasteiger partial charge in [-0.15, -0.1) is 11.3 Å². The normalized spacial score (nSPS) is 16.0. The number of rotatable bonds is 4. The van der Waals surface area contributed by atoms with E-state index in [0.29, 0.717) is 22.0 Å². The Hall–Kier alpha value is -2.93. The molecule has 0 spiro atoms. The molecule has 4 rings (SSSR count). The van der Waals surface area contributed by atoms with Gasteiger partial charge in [-0.1, -0.05) is 6.92 Å². The van der Waals surface area contributed by atoms with Gasteiger partial charge in [0.1, 0.15) is 5.00 Å². The van der Waals surface area contributed by atoms with Gasteiger partial charge >= 0.3 is 0 Å². The summed E-state index contributed by atoms with van der Waals surface area (Å²) < 4.78 is 1.72. The van der Waals surface area contributed by atoms with Gasteiger partial charge in [0, 0.05) is 22.8 Å². The first-order valence-electron chi connectivity index (χ1n) is 8.88. The minimum Gasteiger partial charge on any atom is -0.365 e. The number of fused-ring (bicyclic) bond motifs is 1. The quantitative estimate of drug-likeness (QED) is 0.727. The number of primary amides is 1. The van der Waals surface area contributed by atoms with Gasteiger partial charge in [-0.3, -0.25) is 9.59 Å². The van der Waals surface area contributed by atoms with E-state index in [0.717, 1.165) is 35.4 Å². The smallest absolute Gasteiger partial charge is 0.256 e. The fourth-order valence-electron chi connectivity index (χ4n) is 3.46. The largest absolute Gasteiger partial charge is 0.365 e. The molecule has 0 radical (unpaired) electrons. The van der Waals surface area contributed by atoms with Crippen molar-refractivity contribution in [3.63, 3.8) is 0 Å². The number of aromatic nitrogens is 2. The van der Waals surface area contributed by atoms with Gasteiger partial charge in [0.15, 0.2) is 0 Å². The Balaban J connectivity index is 1.59. The average molecular weight is 380 g/mol. The van der Waals surface area contributed by atoms with Gasteiger partial charge in [-0.05, 0) is 61.1 Å². The molecule has 1 atom stereocenters. The van der Waals surface area contributed by atoms with Crippen LogP contribution in [0.3, 0.4) is 0 Å². The third-order valence-electron chi connectivity index (χ3n) is 4.88. The lowest BCUT2D eigenvalue weighted by Gasteiger charge is -2.18. The van der Waals surface area contributed by atoms with E-state index in [1.165, 1.54) is 11.3 Å². The molecule has 2 aromatic heterocycles. The lowest BCUT2D eigenvalue weighted by atomic mass is 9.88. The maximum atomic E-state index is 12.7. The number of hydrogen-bond acceptors (Lipinski definition) is 4. The molecule has 0 bridgehead atoms. The van der Waals surface area contributed by atoms with Crippen LogP contribution in [0.2, 0.25) is 0 Å². The summed E-state index contributed by atoms with van der Waals surface area (Å²) >= 11 is 1.47. The summed E-state index contributed by atoms with van der Waals surface area (Å²) in [5.41, 5.74) is 8.48. The lowest BCUT2D eigenvalue weighted by Crippen LogP contribution is -2.19. The number of nitrogens with zero attached hydrogens (tertiary/aromatic N) is 2. The van der Waals surface area contributed by atoms with Crippen molar-refractivity contribution in [2.45, 2.75) is 26.2 Å². The molecule has 2 heterocycles. The highest BCUT2D eigenvalue weighted by Crippen LogP contribution is 2.39. The first-order chi connectivity index (χ1) is 13.0. The highest BCUT2D eigenvalue weighted by atomic mass is 32.1. The summed E-state index contributed by atoms with van der Waals surface area (Å²) in [6.07, 6.45) is 6.33. The maximum absolute atomic E-state index is 12.7. The van der Waals surface area contributed by atoms with Crippen LogP contribution in [0.5, 0.6) is 0 Å². The van der Waals surface area contributed by atoms with Crippen LogP contribution in [0.1, 0.15) is 44.5 Å². The number of nitrogens with one attached hydrogen (secondary N) is 1. The molecule has 6 nitrogen and oxygen atoms in total. The van der Waals surface area contributed by atoms with E-state index in [9.17, 15) is 9.59 Å². The van der Waals surface area contributed by atoms with Crippen LogP contribution in [0.25, 0.3) is 5.69 Å². The summed E-state index contributed by atoms with van der Waals surface area (Å²) in [6.45, 7) is 2.20. The Kier molecular flexibility index (Phi) is 4.53. The topological polar surface area (TPSA) is 90.0 Å². The third kappa shape index (κ3) is 3.38. The molecular weight excluding hydrogens is 360 g/mol. The van der Waals surface area contributed by atoms with Crippen LogP contribution in [0.15, 0.2) is 42.7 Å². The summed E-state index contributed by atoms with van der Waals surface area (Å²) in [5, 5.41) is 7.62. The van der Waals surface area contributed by atoms with Gasteiger partial charge in [0.25, 0.3) is 11.8 Å². The predicted octanol–water partition coefficient (Wildman–Crippen LogP) is 3.41. The second-order valence-corrected chi connectivity index (χ2v) is 7.98. The monoisotopic (exact) mass is 380 g/mol. The summed E-state index contributed by atoms with van der Waals surface area (Å²) in [7, 11) is 0. The first kappa shape index (κ1) is 17.5. The van der Waals surface area contributed by atoms with E-state index in [1.54, 1.807) is 23.0 Å². The van der Waals surface area contributed by atoms with Crippen molar-refractivity contribution in [3.05, 3.63) is 64.3 Å². The molecule has 1 aliphatic carbocycles. The highest BCUT2D eigenvalue weighted by molar-refractivity contribution is 7.17. The van der Waals surface area contributed by atoms with Crippen LogP contribution in [0, 0.1) is 5.92 Å². The summed E-state index contributed by atoms with van der Waals surface area (Å²) in [5.74, 6) is -0.155. The molecule has 1 aromatic carbocycles. The van der Waals surface area contributed by atoms with Crippen LogP contribution in [-0.2, 0) is 12.8 Å². The number of anilines is 1. The van der Waals surface area contributed by atoms with E-state index in [-0.39, 0.29) is 5.91 Å². The minimum absolute atomic E-state index is 0.254. The Labute approximate surface area is 161 Å². The molecule has 0 saturated carbocycles. The molecule has 0 saturated heterocycles. The van der Waals surface area contributed by atoms with Crippen molar-refractivity contribution in [2.24, 2.45) is 11.7 Å². The van der Waals surface area contributed by atoms with Crippen molar-refractivity contribution in [1.82, 2.24) is 9.78 Å². The standard InChI is InChI=1S/C20H20N4O2S/c1-12-3-8-15-16(11-12)27-20(17(15)18(21)25)23-19(26)13-4-6-14(7-5-13)24-10-2-9-22-24/h2,4-7,9-10,12H,3,8,11H2,1H3,(H2,21,25)(H,23,26)/t12-/m1/s1. The van der Waals surface area contributed by atoms with E-state index in [1.807, 2.05) is 24.4 Å². The van der Waals surface area contributed by atoms with Crippen LogP contribution in [-0.4, -0.2) is 21.6 Å². The molecule has 138 valence electrons. The Morgan fingerprint density at radius 1 is 1.30 bits per heavy atom. The molecule has 1 aliphatic rings. The Morgan fingerprint density at radius 3 is 2.74 bits per heavy atom. The predicted molar refractivity (Wildman–Crippen MR) is 106 cm³/mol. The van der Waals surface area contributed by atoms with E-state index >= 15 is 0 Å². The number of carbonyl (C=O) groups is 2. The Morgan fingerprint density at radius 2 is 2.07 bits per heavy atom. The van der Waals surface area contributed by atoms with E-state index in [4.69, 9.17) is 5.73 Å². The number of benzene rings is 1. The van der Waals surface area contributed by atoms with Gasteiger partial charge < -0.3 is 11.1 Å². The second-order valence-electron chi connectivity index (χ2n) is 6.87. The van der Waals surface area contributed by atoms with Gasteiger partial charge in [-0.25, -0.2) is 4.68 Å². The van der Waals surface area contributed by atoms with Crippen molar-refractivity contribution < 1.29 is 9.59 Å². The molecule has 3 aromatic rings. The number of carbonyl (C=O) groups excluding carboxylic acids is 2. The van der Waals surface area contributed by atoms with E-state index in [2.05, 4.69) is 17.3 Å². The number of thiophene rings is 1. The number of hydrogen-bond donors (Lipinski definition) is 2. The molecule has 2 amide bonds. The second kappa shape index (κ2) is 7.00. The first-order valence-corrected chi connectivity index (χ1v) is 9.70. The van der Waals surface area contributed by atoms with Gasteiger partial charge in [0.05, 0.1) is 11.3 Å². The SMILES string of the molecule is C[C@@H]1CCc2c(sc(NC(=O)c3ccc(-n4cccn4)cc3)c2C(N)=O)C1. The van der Waals surface area contributed by atoms with Crippen LogP contribution < -0.4 is 11.1 Å². The van der Waals surface area contributed by atoms with Gasteiger partial charge in [-0.2, -0.15) is 5.10 Å². The van der Waals surface area contributed by atoms with E-state index < -0.39 is 5.91 Å². The molecule has 7 heteroatoms. The third-order valence-corrected chi connectivity index (χ3v) is 6.05. The zero-order chi connectivity index (χ0) is 19.0. The Bertz CT molecular complexity index is 990. The summed E-state index contributed by atoms with van der Waals surface area (Å²) in [4.78, 5) is 25.8. The lowest BCUT2D eigenvalue weighted by molar-refractivity contribution is 0.1000. The van der Waals surface area contributed by atoms with Crippen molar-refractivity contribution in [1.29, 1.82) is 0 Å². The number of nitrogens with two attached hydrogens (primary N) is 1. The average Bonchev–Trinajstić information content (AvgIpc) is 3.29. The minimum atomic E-state index is -0.480. The zero-order valence-corrected chi connectivity index (χ0v) is 15.8. The molecule has 0 fully saturated rings. The van der Waals surface area contributed by atoms with Crippen molar-refractivity contribution >= 4 is 28.2 Å². The maximum Gasteiger partial charge on any atom is 0.256 e. The van der Waals surface area contributed by atoms with Crippen LogP contribution in [0.4, 0.5) is 5.00 Å². The fraction of sp³-hybridized carbons (Fsp3) is 0.250. The molecular formula is C20H20N4O2S. The molecule has 0 aliphatic heterocycles. The zero-order valence-electron chi connectivity index (χ0n) is 14.9. The highest BCUT2D eigenvalue weighted by Gasteiger charge is 2.27. The van der Waals surface area contributed by atoms with Gasteiger partial charge in [0.2, 0.25) is 0 Å². The number of amides is 2. The molecule has 0 unspecified atom stereocenters.